The Labute approximate surface area is 178 Å². The zero-order chi connectivity index (χ0) is 23.2. The third kappa shape index (κ3) is 3.97. The Morgan fingerprint density at radius 2 is 1.52 bits per heavy atom. The SMILES string of the molecule is FC(F)Oc1ccc(C(F)(C(F)(F)F)C(F)(F)F)c(Br)c1N1C=CCc2ccccc21. The number of halogens is 10. The Kier molecular flexibility index (Phi) is 5.98. The van der Waals surface area contributed by atoms with E-state index in [0.717, 1.165) is 4.90 Å². The first-order valence-corrected chi connectivity index (χ1v) is 9.22. The first kappa shape index (κ1) is 23.3. The summed E-state index contributed by atoms with van der Waals surface area (Å²) in [4.78, 5) is 1.05. The first-order chi connectivity index (χ1) is 14.3. The van der Waals surface area contributed by atoms with Crippen molar-refractivity contribution in [1.82, 2.24) is 0 Å². The van der Waals surface area contributed by atoms with Gasteiger partial charge in [0.15, 0.2) is 5.75 Å². The fourth-order valence-electron chi connectivity index (χ4n) is 3.17. The molecule has 0 aromatic heterocycles. The van der Waals surface area contributed by atoms with E-state index in [-0.39, 0.29) is 11.8 Å². The minimum atomic E-state index is -6.38. The van der Waals surface area contributed by atoms with Crippen LogP contribution in [0.25, 0.3) is 0 Å². The Hall–Kier alpha value is -2.37. The maximum Gasteiger partial charge on any atom is 0.435 e. The van der Waals surface area contributed by atoms with Gasteiger partial charge in [-0.05, 0) is 40.0 Å². The molecular weight excluding hydrogens is 509 g/mol. The lowest BCUT2D eigenvalue weighted by molar-refractivity contribution is -0.348. The van der Waals surface area contributed by atoms with Crippen LogP contribution in [0, 0.1) is 0 Å². The summed E-state index contributed by atoms with van der Waals surface area (Å²) in [7, 11) is 0. The van der Waals surface area contributed by atoms with Crippen molar-refractivity contribution in [2.24, 2.45) is 0 Å². The van der Waals surface area contributed by atoms with E-state index < -0.39 is 46.1 Å². The van der Waals surface area contributed by atoms with Gasteiger partial charge < -0.3 is 9.64 Å². The fourth-order valence-corrected chi connectivity index (χ4v) is 3.97. The Morgan fingerprint density at radius 1 is 0.903 bits per heavy atom. The number of ether oxygens (including phenoxy) is 1. The van der Waals surface area contributed by atoms with E-state index in [2.05, 4.69) is 20.7 Å². The maximum atomic E-state index is 14.7. The number of para-hydroxylation sites is 1. The highest BCUT2D eigenvalue weighted by Gasteiger charge is 2.74. The van der Waals surface area contributed by atoms with Crippen molar-refractivity contribution < 1.29 is 44.3 Å². The van der Waals surface area contributed by atoms with E-state index >= 15 is 0 Å². The number of anilines is 2. The van der Waals surface area contributed by atoms with Crippen molar-refractivity contribution in [1.29, 1.82) is 0 Å². The van der Waals surface area contributed by atoms with E-state index in [0.29, 0.717) is 18.1 Å². The number of hydrogen-bond acceptors (Lipinski definition) is 2. The number of hydrogen-bond donors (Lipinski definition) is 0. The second-order valence-corrected chi connectivity index (χ2v) is 7.19. The van der Waals surface area contributed by atoms with Crippen molar-refractivity contribution in [3.05, 3.63) is 64.3 Å². The van der Waals surface area contributed by atoms with Crippen LogP contribution in [0.15, 0.2) is 53.1 Å². The van der Waals surface area contributed by atoms with Crippen molar-refractivity contribution in [3.63, 3.8) is 0 Å². The number of fused-ring (bicyclic) bond motifs is 1. The summed E-state index contributed by atoms with van der Waals surface area (Å²) in [6.45, 7) is -3.44. The smallest absolute Gasteiger partial charge is 0.433 e. The zero-order valence-corrected chi connectivity index (χ0v) is 16.6. The predicted molar refractivity (Wildman–Crippen MR) is 97.1 cm³/mol. The summed E-state index contributed by atoms with van der Waals surface area (Å²) in [6, 6.07) is 6.83. The van der Waals surface area contributed by atoms with E-state index in [1.807, 2.05) is 0 Å². The molecule has 3 rings (SSSR count). The average molecular weight is 520 g/mol. The average Bonchev–Trinajstić information content (AvgIpc) is 2.65. The third-order valence-electron chi connectivity index (χ3n) is 4.53. The summed E-state index contributed by atoms with van der Waals surface area (Å²) in [5.41, 5.74) is -7.37. The molecule has 2 nitrogen and oxygen atoms in total. The van der Waals surface area contributed by atoms with Crippen molar-refractivity contribution in [2.45, 2.75) is 31.1 Å². The quantitative estimate of drug-likeness (QED) is 0.387. The molecule has 1 heterocycles. The van der Waals surface area contributed by atoms with Crippen molar-refractivity contribution in [3.8, 4) is 5.75 Å². The summed E-state index contributed by atoms with van der Waals surface area (Å²) < 4.78 is 124. The lowest BCUT2D eigenvalue weighted by Gasteiger charge is -2.34. The molecule has 0 atom stereocenters. The number of nitrogens with zero attached hydrogens (tertiary/aromatic N) is 1. The summed E-state index contributed by atoms with van der Waals surface area (Å²) in [6.07, 6.45) is -9.64. The van der Waals surface area contributed by atoms with Gasteiger partial charge in [0.2, 0.25) is 0 Å². The van der Waals surface area contributed by atoms with Gasteiger partial charge >= 0.3 is 24.6 Å². The molecule has 1 aliphatic rings. The molecule has 0 saturated carbocycles. The first-order valence-electron chi connectivity index (χ1n) is 8.43. The summed E-state index contributed by atoms with van der Waals surface area (Å²) in [5.74, 6) is -0.751. The number of alkyl halides is 9. The highest BCUT2D eigenvalue weighted by Crippen LogP contribution is 2.57. The van der Waals surface area contributed by atoms with Crippen molar-refractivity contribution in [2.75, 3.05) is 4.90 Å². The third-order valence-corrected chi connectivity index (χ3v) is 5.33. The van der Waals surface area contributed by atoms with Gasteiger partial charge in [-0.1, -0.05) is 30.3 Å². The molecule has 0 bridgehead atoms. The predicted octanol–water partition coefficient (Wildman–Crippen LogP) is 7.55. The molecular formula is C19H11BrF9NO. The van der Waals surface area contributed by atoms with Crippen LogP contribution < -0.4 is 9.64 Å². The van der Waals surface area contributed by atoms with Gasteiger partial charge in [-0.25, -0.2) is 4.39 Å². The molecule has 0 spiro atoms. The highest BCUT2D eigenvalue weighted by atomic mass is 79.9. The van der Waals surface area contributed by atoms with Gasteiger partial charge in [-0.3, -0.25) is 0 Å². The number of allylic oxidation sites excluding steroid dienone is 1. The van der Waals surface area contributed by atoms with E-state index in [9.17, 15) is 39.5 Å². The molecule has 0 fully saturated rings. The van der Waals surface area contributed by atoms with Crippen LogP contribution in [0.4, 0.5) is 50.9 Å². The molecule has 0 N–H and O–H groups in total. The van der Waals surface area contributed by atoms with Gasteiger partial charge in [0.25, 0.3) is 0 Å². The van der Waals surface area contributed by atoms with Gasteiger partial charge in [0, 0.05) is 17.5 Å². The van der Waals surface area contributed by atoms with Crippen LogP contribution in [0.1, 0.15) is 11.1 Å². The topological polar surface area (TPSA) is 12.5 Å². The largest absolute Gasteiger partial charge is 0.435 e. The van der Waals surface area contributed by atoms with Crippen molar-refractivity contribution >= 4 is 27.3 Å². The molecule has 0 unspecified atom stereocenters. The molecule has 12 heteroatoms. The highest BCUT2D eigenvalue weighted by molar-refractivity contribution is 9.10. The Balaban J connectivity index is 2.33. The molecule has 1 aliphatic heterocycles. The monoisotopic (exact) mass is 519 g/mol. The standard InChI is InChI=1S/C19H11BrF9NO/c20-14-11(17(23,18(24,25)26)19(27,28)29)7-8-13(31-16(21)22)15(14)30-9-3-5-10-4-1-2-6-12(10)30/h1-4,6-9,16H,5H2. The molecule has 168 valence electrons. The molecule has 2 aromatic carbocycles. The van der Waals surface area contributed by atoms with Gasteiger partial charge in [0.1, 0.15) is 5.69 Å². The Bertz CT molecular complexity index is 987. The molecule has 0 amide bonds. The number of rotatable bonds is 4. The van der Waals surface area contributed by atoms with Crippen LogP contribution in [-0.2, 0) is 12.1 Å². The molecule has 0 saturated heterocycles. The van der Waals surface area contributed by atoms with Crippen LogP contribution in [0.2, 0.25) is 0 Å². The lowest BCUT2D eigenvalue weighted by Crippen LogP contribution is -2.50. The van der Waals surface area contributed by atoms with Crippen LogP contribution in [0.5, 0.6) is 5.75 Å². The normalized spacial score (nSPS) is 14.7. The molecule has 0 radical (unpaired) electrons. The van der Waals surface area contributed by atoms with E-state index in [1.165, 1.54) is 24.4 Å². The van der Waals surface area contributed by atoms with Gasteiger partial charge in [0.05, 0.1) is 4.47 Å². The van der Waals surface area contributed by atoms with Crippen LogP contribution >= 0.6 is 15.9 Å². The molecule has 2 aromatic rings. The van der Waals surface area contributed by atoms with Gasteiger partial charge in [-0.2, -0.15) is 35.1 Å². The van der Waals surface area contributed by atoms with E-state index in [4.69, 9.17) is 0 Å². The maximum absolute atomic E-state index is 14.7. The summed E-state index contributed by atoms with van der Waals surface area (Å²) >= 11 is 2.59. The molecule has 0 aliphatic carbocycles. The fraction of sp³-hybridized carbons (Fsp3) is 0.263. The minimum absolute atomic E-state index is 0.117. The van der Waals surface area contributed by atoms with Crippen LogP contribution in [-0.4, -0.2) is 19.0 Å². The molecule has 31 heavy (non-hydrogen) atoms. The Morgan fingerprint density at radius 3 is 2.10 bits per heavy atom. The lowest BCUT2D eigenvalue weighted by atomic mass is 9.93. The number of benzene rings is 2. The van der Waals surface area contributed by atoms with Crippen LogP contribution in [0.3, 0.4) is 0 Å². The second-order valence-electron chi connectivity index (χ2n) is 6.39. The van der Waals surface area contributed by atoms with E-state index in [1.54, 1.807) is 12.1 Å². The second kappa shape index (κ2) is 7.95. The summed E-state index contributed by atoms with van der Waals surface area (Å²) in [5, 5.41) is 0. The minimum Gasteiger partial charge on any atom is -0.433 e. The van der Waals surface area contributed by atoms with Gasteiger partial charge in [-0.15, -0.1) is 0 Å². The zero-order valence-electron chi connectivity index (χ0n) is 15.0.